The zero-order valence-corrected chi connectivity index (χ0v) is 20.1. The molecule has 0 spiro atoms. The van der Waals surface area contributed by atoms with Gasteiger partial charge in [-0.1, -0.05) is 32.0 Å². The highest BCUT2D eigenvalue weighted by molar-refractivity contribution is 6.05. The van der Waals surface area contributed by atoms with E-state index in [1.165, 1.54) is 13.2 Å². The van der Waals surface area contributed by atoms with Gasteiger partial charge in [-0.05, 0) is 66.9 Å². The minimum atomic E-state index is -0.642. The third-order valence-electron chi connectivity index (χ3n) is 5.19. The first kappa shape index (κ1) is 25.5. The summed E-state index contributed by atoms with van der Waals surface area (Å²) in [6.45, 7) is 4.35. The van der Waals surface area contributed by atoms with Gasteiger partial charge in [-0.25, -0.2) is 4.79 Å². The summed E-state index contributed by atoms with van der Waals surface area (Å²) in [6.07, 6.45) is 0.898. The molecule has 0 radical (unpaired) electrons. The fourth-order valence-corrected chi connectivity index (χ4v) is 3.15. The zero-order valence-electron chi connectivity index (χ0n) is 20.1. The average molecular weight is 476 g/mol. The Labute approximate surface area is 205 Å². The van der Waals surface area contributed by atoms with Gasteiger partial charge in [-0.15, -0.1) is 0 Å². The van der Waals surface area contributed by atoms with Crippen LogP contribution in [0.4, 0.5) is 5.69 Å². The maximum absolute atomic E-state index is 12.5. The third kappa shape index (κ3) is 7.43. The molecule has 0 aliphatic carbocycles. The van der Waals surface area contributed by atoms with Crippen molar-refractivity contribution in [3.05, 3.63) is 89.5 Å². The number of methoxy groups -OCH3 is 1. The van der Waals surface area contributed by atoms with E-state index in [9.17, 15) is 14.4 Å². The minimum Gasteiger partial charge on any atom is -0.493 e. The minimum absolute atomic E-state index is 0.245. The van der Waals surface area contributed by atoms with Crippen LogP contribution in [0.25, 0.3) is 0 Å². The number of Topliss-reactive ketones (excluding diaryl/α,β-unsaturated/α-hetero) is 1. The van der Waals surface area contributed by atoms with Gasteiger partial charge in [0.25, 0.3) is 5.91 Å². The Bertz CT molecular complexity index is 1160. The quantitative estimate of drug-likeness (QED) is 0.294. The van der Waals surface area contributed by atoms with E-state index in [0.717, 1.165) is 6.42 Å². The molecular weight excluding hydrogens is 446 g/mol. The summed E-state index contributed by atoms with van der Waals surface area (Å²) in [5.41, 5.74) is 1.70. The van der Waals surface area contributed by atoms with Crippen LogP contribution in [-0.2, 0) is 4.74 Å². The smallest absolute Gasteiger partial charge is 0.338 e. The lowest BCUT2D eigenvalue weighted by atomic mass is 10.1. The van der Waals surface area contributed by atoms with Crippen LogP contribution in [0.2, 0.25) is 0 Å². The van der Waals surface area contributed by atoms with Crippen molar-refractivity contribution in [2.75, 3.05) is 25.6 Å². The molecule has 0 aliphatic heterocycles. The number of esters is 1. The highest BCUT2D eigenvalue weighted by atomic mass is 16.5. The van der Waals surface area contributed by atoms with Crippen LogP contribution in [-0.4, -0.2) is 38.0 Å². The number of carbonyl (C=O) groups is 3. The molecule has 35 heavy (non-hydrogen) atoms. The monoisotopic (exact) mass is 475 g/mol. The normalized spacial score (nSPS) is 10.5. The fraction of sp³-hybridized carbons (Fsp3) is 0.250. The molecule has 7 nitrogen and oxygen atoms in total. The van der Waals surface area contributed by atoms with Gasteiger partial charge < -0.3 is 19.5 Å². The van der Waals surface area contributed by atoms with E-state index < -0.39 is 12.6 Å². The number of anilines is 1. The number of benzene rings is 3. The number of hydrogen-bond donors (Lipinski definition) is 1. The van der Waals surface area contributed by atoms with E-state index in [2.05, 4.69) is 19.2 Å². The molecule has 182 valence electrons. The van der Waals surface area contributed by atoms with Crippen molar-refractivity contribution in [3.8, 4) is 11.5 Å². The summed E-state index contributed by atoms with van der Waals surface area (Å²) >= 11 is 0. The highest BCUT2D eigenvalue weighted by Crippen LogP contribution is 2.28. The molecule has 0 saturated carbocycles. The van der Waals surface area contributed by atoms with Crippen LogP contribution in [0.5, 0.6) is 11.5 Å². The van der Waals surface area contributed by atoms with Crippen molar-refractivity contribution in [2.45, 2.75) is 20.3 Å². The molecule has 3 aromatic rings. The number of ether oxygens (including phenoxy) is 3. The Kier molecular flexibility index (Phi) is 9.01. The maximum Gasteiger partial charge on any atom is 0.338 e. The topological polar surface area (TPSA) is 90.9 Å². The average Bonchev–Trinajstić information content (AvgIpc) is 2.88. The van der Waals surface area contributed by atoms with Gasteiger partial charge in [0.05, 0.1) is 19.3 Å². The predicted octanol–water partition coefficient (Wildman–Crippen LogP) is 5.41. The summed E-state index contributed by atoms with van der Waals surface area (Å²) < 4.78 is 16.3. The number of amides is 1. The molecule has 0 heterocycles. The van der Waals surface area contributed by atoms with Crippen molar-refractivity contribution >= 4 is 23.3 Å². The lowest BCUT2D eigenvalue weighted by Gasteiger charge is -2.13. The molecule has 0 saturated heterocycles. The molecule has 1 N–H and O–H groups in total. The van der Waals surface area contributed by atoms with Gasteiger partial charge in [0.2, 0.25) is 0 Å². The Morgan fingerprint density at radius 2 is 1.51 bits per heavy atom. The van der Waals surface area contributed by atoms with Gasteiger partial charge in [-0.3, -0.25) is 9.59 Å². The lowest BCUT2D eigenvalue weighted by Crippen LogP contribution is -2.15. The van der Waals surface area contributed by atoms with Crippen LogP contribution >= 0.6 is 0 Å². The maximum atomic E-state index is 12.5. The molecule has 0 aromatic heterocycles. The molecular formula is C28H29NO6. The second kappa shape index (κ2) is 12.4. The zero-order chi connectivity index (χ0) is 25.2. The van der Waals surface area contributed by atoms with Crippen molar-refractivity contribution in [1.29, 1.82) is 0 Å². The Hall–Kier alpha value is -4.13. The second-order valence-corrected chi connectivity index (χ2v) is 8.29. The number of carbonyl (C=O) groups excluding carboxylic acids is 3. The summed E-state index contributed by atoms with van der Waals surface area (Å²) in [6, 6.07) is 20.0. The van der Waals surface area contributed by atoms with Gasteiger partial charge in [0, 0.05) is 16.8 Å². The molecule has 3 rings (SSSR count). The largest absolute Gasteiger partial charge is 0.493 e. The summed E-state index contributed by atoms with van der Waals surface area (Å²) in [5, 5.41) is 2.77. The van der Waals surface area contributed by atoms with Crippen molar-refractivity contribution in [3.63, 3.8) is 0 Å². The molecule has 0 bridgehead atoms. The molecule has 1 amide bonds. The van der Waals surface area contributed by atoms with Crippen molar-refractivity contribution in [2.24, 2.45) is 5.92 Å². The van der Waals surface area contributed by atoms with Gasteiger partial charge in [0.1, 0.15) is 0 Å². The molecule has 7 heteroatoms. The van der Waals surface area contributed by atoms with Gasteiger partial charge in [-0.2, -0.15) is 0 Å². The van der Waals surface area contributed by atoms with Crippen LogP contribution in [0, 0.1) is 5.92 Å². The van der Waals surface area contributed by atoms with Crippen LogP contribution in [0.1, 0.15) is 51.3 Å². The SMILES string of the molecule is COc1cc(C(=O)OCC(=O)c2ccc(NC(=O)c3ccccc3)cc2)ccc1OCCC(C)C. The molecule has 0 aliphatic rings. The highest BCUT2D eigenvalue weighted by Gasteiger charge is 2.15. The summed E-state index contributed by atoms with van der Waals surface area (Å²) in [7, 11) is 1.50. The van der Waals surface area contributed by atoms with E-state index in [0.29, 0.717) is 40.8 Å². The number of nitrogens with one attached hydrogen (secondary N) is 1. The van der Waals surface area contributed by atoms with Crippen LogP contribution in [0.3, 0.4) is 0 Å². The molecule has 0 fully saturated rings. The van der Waals surface area contributed by atoms with E-state index in [1.807, 2.05) is 6.07 Å². The number of rotatable bonds is 11. The first-order valence-electron chi connectivity index (χ1n) is 11.3. The Balaban J connectivity index is 1.54. The molecule has 0 atom stereocenters. The lowest BCUT2D eigenvalue weighted by molar-refractivity contribution is 0.0474. The second-order valence-electron chi connectivity index (χ2n) is 8.29. The summed E-state index contributed by atoms with van der Waals surface area (Å²) in [4.78, 5) is 37.2. The first-order chi connectivity index (χ1) is 16.9. The van der Waals surface area contributed by atoms with Crippen molar-refractivity contribution in [1.82, 2.24) is 0 Å². The van der Waals surface area contributed by atoms with E-state index in [4.69, 9.17) is 14.2 Å². The predicted molar refractivity (Wildman–Crippen MR) is 133 cm³/mol. The Morgan fingerprint density at radius 1 is 0.829 bits per heavy atom. The fourth-order valence-electron chi connectivity index (χ4n) is 3.15. The Morgan fingerprint density at radius 3 is 2.17 bits per heavy atom. The number of ketones is 1. The number of hydrogen-bond acceptors (Lipinski definition) is 6. The van der Waals surface area contributed by atoms with Crippen LogP contribution < -0.4 is 14.8 Å². The van der Waals surface area contributed by atoms with E-state index >= 15 is 0 Å². The third-order valence-corrected chi connectivity index (χ3v) is 5.19. The summed E-state index contributed by atoms with van der Waals surface area (Å²) in [5.74, 6) is 0.224. The standard InChI is InChI=1S/C28H29NO6/c1-19(2)15-16-34-25-14-11-22(17-26(25)33-3)28(32)35-18-24(30)20-9-12-23(13-10-20)29-27(31)21-7-5-4-6-8-21/h4-14,17,19H,15-16,18H2,1-3H3,(H,29,31). The van der Waals surface area contributed by atoms with Gasteiger partial charge >= 0.3 is 5.97 Å². The molecule has 3 aromatic carbocycles. The van der Waals surface area contributed by atoms with E-state index in [-0.39, 0.29) is 17.3 Å². The first-order valence-corrected chi connectivity index (χ1v) is 11.3. The molecule has 0 unspecified atom stereocenters. The van der Waals surface area contributed by atoms with Gasteiger partial charge in [0.15, 0.2) is 23.9 Å². The van der Waals surface area contributed by atoms with E-state index in [1.54, 1.807) is 60.7 Å². The van der Waals surface area contributed by atoms with Crippen LogP contribution in [0.15, 0.2) is 72.8 Å². The van der Waals surface area contributed by atoms with Crippen molar-refractivity contribution < 1.29 is 28.6 Å².